The number of nitrogens with zero attached hydrogens (tertiary/aromatic N) is 5. The molecule has 3 rings (SSSR count). The molecule has 22 heavy (non-hydrogen) atoms. The summed E-state index contributed by atoms with van der Waals surface area (Å²) in [7, 11) is 3.40. The number of aromatic nitrogens is 4. The van der Waals surface area contributed by atoms with Gasteiger partial charge in [-0.3, -0.25) is 14.5 Å². The summed E-state index contributed by atoms with van der Waals surface area (Å²) >= 11 is 0. The average Bonchev–Trinajstić information content (AvgIpc) is 3.09. The van der Waals surface area contributed by atoms with Gasteiger partial charge in [-0.25, -0.2) is 4.98 Å². The number of amides is 1. The second-order valence-electron chi connectivity index (χ2n) is 6.05. The highest BCUT2D eigenvalue weighted by molar-refractivity contribution is 5.91. The zero-order chi connectivity index (χ0) is 15.6. The molecule has 2 aromatic heterocycles. The number of carbonyl (C=O) groups is 1. The van der Waals surface area contributed by atoms with Crippen LogP contribution in [0.25, 0.3) is 0 Å². The second kappa shape index (κ2) is 5.75. The molecule has 0 radical (unpaired) electrons. The molecule has 7 heteroatoms. The Morgan fingerprint density at radius 2 is 2.23 bits per heavy atom. The van der Waals surface area contributed by atoms with E-state index in [2.05, 4.69) is 20.4 Å². The molecule has 0 saturated heterocycles. The Labute approximate surface area is 129 Å². The van der Waals surface area contributed by atoms with Crippen molar-refractivity contribution in [2.75, 3.05) is 26.0 Å². The van der Waals surface area contributed by atoms with E-state index in [1.54, 1.807) is 26.5 Å². The van der Waals surface area contributed by atoms with E-state index >= 15 is 0 Å². The SMILES string of the molecule is CN(C)C(=O)c1cncc(NCC2(Cn3cccn3)CC2)n1. The van der Waals surface area contributed by atoms with Gasteiger partial charge in [-0.1, -0.05) is 0 Å². The maximum Gasteiger partial charge on any atom is 0.273 e. The zero-order valence-corrected chi connectivity index (χ0v) is 12.9. The van der Waals surface area contributed by atoms with Crippen LogP contribution in [0.2, 0.25) is 0 Å². The van der Waals surface area contributed by atoms with Gasteiger partial charge in [0.05, 0.1) is 12.4 Å². The molecule has 2 aromatic rings. The molecule has 0 aliphatic heterocycles. The van der Waals surface area contributed by atoms with Crippen LogP contribution >= 0.6 is 0 Å². The van der Waals surface area contributed by atoms with Crippen LogP contribution in [-0.4, -0.2) is 51.2 Å². The first kappa shape index (κ1) is 14.5. The molecule has 1 aliphatic carbocycles. The summed E-state index contributed by atoms with van der Waals surface area (Å²) in [6.45, 7) is 1.71. The van der Waals surface area contributed by atoms with Crippen molar-refractivity contribution in [3.05, 3.63) is 36.5 Å². The van der Waals surface area contributed by atoms with E-state index in [0.717, 1.165) is 13.1 Å². The summed E-state index contributed by atoms with van der Waals surface area (Å²) in [5, 5.41) is 7.57. The van der Waals surface area contributed by atoms with Crippen LogP contribution in [0.15, 0.2) is 30.9 Å². The third-order valence-corrected chi connectivity index (χ3v) is 3.92. The van der Waals surface area contributed by atoms with Crippen LogP contribution in [-0.2, 0) is 6.54 Å². The van der Waals surface area contributed by atoms with E-state index in [4.69, 9.17) is 0 Å². The fourth-order valence-electron chi connectivity index (χ4n) is 2.37. The number of anilines is 1. The molecular formula is C15H20N6O. The lowest BCUT2D eigenvalue weighted by Gasteiger charge is -2.17. The summed E-state index contributed by atoms with van der Waals surface area (Å²) in [6, 6.07) is 1.94. The lowest BCUT2D eigenvalue weighted by atomic mass is 10.1. The Kier molecular flexibility index (Phi) is 3.79. The van der Waals surface area contributed by atoms with Crippen molar-refractivity contribution < 1.29 is 4.79 Å². The molecule has 116 valence electrons. The van der Waals surface area contributed by atoms with Crippen LogP contribution in [0.3, 0.4) is 0 Å². The van der Waals surface area contributed by atoms with Gasteiger partial charge in [0.1, 0.15) is 11.5 Å². The van der Waals surface area contributed by atoms with Crippen LogP contribution in [0, 0.1) is 5.41 Å². The van der Waals surface area contributed by atoms with E-state index in [9.17, 15) is 4.79 Å². The maximum atomic E-state index is 11.9. The Balaban J connectivity index is 1.62. The minimum Gasteiger partial charge on any atom is -0.368 e. The summed E-state index contributed by atoms with van der Waals surface area (Å²) < 4.78 is 1.96. The highest BCUT2D eigenvalue weighted by Crippen LogP contribution is 2.46. The molecule has 1 amide bonds. The van der Waals surface area contributed by atoms with Gasteiger partial charge in [-0.15, -0.1) is 0 Å². The lowest BCUT2D eigenvalue weighted by Crippen LogP contribution is -2.24. The standard InChI is InChI=1S/C15H20N6O/c1-20(2)14(22)12-8-16-9-13(19-12)17-10-15(4-5-15)11-21-7-3-6-18-21/h3,6-9H,4-5,10-11H2,1-2H3,(H,17,19). The quantitative estimate of drug-likeness (QED) is 0.869. The Hall–Kier alpha value is -2.44. The molecule has 0 atom stereocenters. The number of hydrogen-bond donors (Lipinski definition) is 1. The molecule has 1 saturated carbocycles. The molecular weight excluding hydrogens is 280 g/mol. The topological polar surface area (TPSA) is 75.9 Å². The van der Waals surface area contributed by atoms with Gasteiger partial charge in [0.25, 0.3) is 5.91 Å². The van der Waals surface area contributed by atoms with E-state index in [1.165, 1.54) is 23.9 Å². The largest absolute Gasteiger partial charge is 0.368 e. The summed E-state index contributed by atoms with van der Waals surface area (Å²) in [6.07, 6.45) is 9.26. The summed E-state index contributed by atoms with van der Waals surface area (Å²) in [5.74, 6) is 0.494. The molecule has 1 fully saturated rings. The first-order chi connectivity index (χ1) is 10.6. The molecule has 1 N–H and O–H groups in total. The van der Waals surface area contributed by atoms with Gasteiger partial charge >= 0.3 is 0 Å². The van der Waals surface area contributed by atoms with Crippen molar-refractivity contribution in [3.63, 3.8) is 0 Å². The van der Waals surface area contributed by atoms with E-state index in [0.29, 0.717) is 11.5 Å². The maximum absolute atomic E-state index is 11.9. The predicted molar refractivity (Wildman–Crippen MR) is 82.4 cm³/mol. The number of hydrogen-bond acceptors (Lipinski definition) is 5. The summed E-state index contributed by atoms with van der Waals surface area (Å²) in [5.41, 5.74) is 0.585. The van der Waals surface area contributed by atoms with Crippen molar-refractivity contribution in [1.29, 1.82) is 0 Å². The van der Waals surface area contributed by atoms with Crippen molar-refractivity contribution in [2.24, 2.45) is 5.41 Å². The van der Waals surface area contributed by atoms with Crippen LogP contribution in [0.1, 0.15) is 23.3 Å². The molecule has 0 unspecified atom stereocenters. The Morgan fingerprint density at radius 1 is 1.41 bits per heavy atom. The van der Waals surface area contributed by atoms with Crippen LogP contribution < -0.4 is 5.32 Å². The highest BCUT2D eigenvalue weighted by Gasteiger charge is 2.43. The smallest absolute Gasteiger partial charge is 0.273 e. The van der Waals surface area contributed by atoms with Crippen molar-refractivity contribution in [2.45, 2.75) is 19.4 Å². The number of carbonyl (C=O) groups excluding carboxylic acids is 1. The van der Waals surface area contributed by atoms with Crippen molar-refractivity contribution in [3.8, 4) is 0 Å². The lowest BCUT2D eigenvalue weighted by molar-refractivity contribution is 0.0821. The van der Waals surface area contributed by atoms with Gasteiger partial charge in [0, 0.05) is 45.0 Å². The molecule has 0 bridgehead atoms. The number of nitrogens with one attached hydrogen (secondary N) is 1. The predicted octanol–water partition coefficient (Wildman–Crippen LogP) is 1.27. The third kappa shape index (κ3) is 3.24. The molecule has 1 aliphatic rings. The fourth-order valence-corrected chi connectivity index (χ4v) is 2.37. The molecule has 0 spiro atoms. The van der Waals surface area contributed by atoms with E-state index in [1.807, 2.05) is 16.9 Å². The highest BCUT2D eigenvalue weighted by atomic mass is 16.2. The first-order valence-electron chi connectivity index (χ1n) is 7.33. The fraction of sp³-hybridized carbons (Fsp3) is 0.467. The normalized spacial score (nSPS) is 15.4. The Morgan fingerprint density at radius 3 is 2.86 bits per heavy atom. The van der Waals surface area contributed by atoms with Gasteiger partial charge in [-0.05, 0) is 18.9 Å². The van der Waals surface area contributed by atoms with Crippen LogP contribution in [0.5, 0.6) is 0 Å². The van der Waals surface area contributed by atoms with E-state index < -0.39 is 0 Å². The number of rotatable bonds is 6. The molecule has 7 nitrogen and oxygen atoms in total. The monoisotopic (exact) mass is 300 g/mol. The summed E-state index contributed by atoms with van der Waals surface area (Å²) in [4.78, 5) is 21.8. The van der Waals surface area contributed by atoms with Gasteiger partial charge in [-0.2, -0.15) is 5.10 Å². The molecule has 0 aromatic carbocycles. The average molecular weight is 300 g/mol. The Bertz CT molecular complexity index is 648. The van der Waals surface area contributed by atoms with E-state index in [-0.39, 0.29) is 11.3 Å². The van der Waals surface area contributed by atoms with Crippen LogP contribution in [0.4, 0.5) is 5.82 Å². The minimum absolute atomic E-state index is 0.145. The third-order valence-electron chi connectivity index (χ3n) is 3.92. The second-order valence-corrected chi connectivity index (χ2v) is 6.05. The van der Waals surface area contributed by atoms with Gasteiger partial charge in [0.15, 0.2) is 0 Å². The zero-order valence-electron chi connectivity index (χ0n) is 12.9. The van der Waals surface area contributed by atoms with Crippen molar-refractivity contribution >= 4 is 11.7 Å². The first-order valence-corrected chi connectivity index (χ1v) is 7.33. The minimum atomic E-state index is -0.145. The van der Waals surface area contributed by atoms with Crippen molar-refractivity contribution in [1.82, 2.24) is 24.6 Å². The molecule has 2 heterocycles. The van der Waals surface area contributed by atoms with Gasteiger partial charge in [0.2, 0.25) is 0 Å². The van der Waals surface area contributed by atoms with Gasteiger partial charge < -0.3 is 10.2 Å².